The number of pyridine rings is 1. The van der Waals surface area contributed by atoms with E-state index in [9.17, 15) is 55.0 Å². The number of hydrogen-bond donors (Lipinski definition) is 9. The number of carboxylic acid groups (broad SMARTS) is 1. The van der Waals surface area contributed by atoms with Gasteiger partial charge in [0.25, 0.3) is 26.1 Å². The fourth-order valence-corrected chi connectivity index (χ4v) is 17.6. The van der Waals surface area contributed by atoms with Gasteiger partial charge in [0.05, 0.1) is 47.0 Å². The number of urea groups is 1. The molecular formula is C63H80N12O15S3. The summed E-state index contributed by atoms with van der Waals surface area (Å²) in [5.74, 6) is -2.76. The van der Waals surface area contributed by atoms with E-state index in [2.05, 4.69) is 34.8 Å². The Hall–Kier alpha value is -7.84. The highest BCUT2D eigenvalue weighted by atomic mass is 32.2. The van der Waals surface area contributed by atoms with Crippen molar-refractivity contribution in [2.45, 2.75) is 121 Å². The molecule has 11 rings (SSSR count). The number of carboxylic acids is 1. The second-order valence-electron chi connectivity index (χ2n) is 26.3. The molecule has 30 heteroatoms. The maximum absolute atomic E-state index is 14.4. The highest BCUT2D eigenvalue weighted by Gasteiger charge is 2.66. The lowest BCUT2D eigenvalue weighted by molar-refractivity contribution is -0.248. The first-order chi connectivity index (χ1) is 43.9. The third-order valence-corrected chi connectivity index (χ3v) is 21.4. The molecule has 4 heterocycles. The van der Waals surface area contributed by atoms with E-state index < -0.39 is 73.9 Å². The highest BCUT2D eigenvalue weighted by molar-refractivity contribution is 7.86. The number of alkyl carbamates (subject to hydrolysis) is 1. The third kappa shape index (κ3) is 16.2. The van der Waals surface area contributed by atoms with Crippen LogP contribution in [0, 0.1) is 23.2 Å². The summed E-state index contributed by atoms with van der Waals surface area (Å²) < 4.78 is 89.4. The minimum Gasteiger partial charge on any atom is -0.493 e. The molecule has 4 saturated carbocycles. The van der Waals surface area contributed by atoms with Crippen LogP contribution in [0.2, 0.25) is 0 Å². The quantitative estimate of drug-likeness (QED) is 0.0235. The van der Waals surface area contributed by atoms with Gasteiger partial charge in [0.1, 0.15) is 23.4 Å². The van der Waals surface area contributed by atoms with Crippen molar-refractivity contribution in [3.8, 4) is 16.9 Å². The average molecular weight is 1340 g/mol. The number of nitrogens with two attached hydrogens (primary N) is 3. The summed E-state index contributed by atoms with van der Waals surface area (Å²) in [6.07, 6.45) is 6.35. The van der Waals surface area contributed by atoms with Gasteiger partial charge in [-0.1, -0.05) is 61.6 Å². The van der Waals surface area contributed by atoms with Gasteiger partial charge in [0, 0.05) is 86.1 Å². The number of amides is 5. The topological polar surface area (TPSA) is 406 Å². The van der Waals surface area contributed by atoms with Gasteiger partial charge in [-0.25, -0.2) is 24.4 Å². The molecule has 27 nitrogen and oxygen atoms in total. The molecule has 0 radical (unpaired) electrons. The Balaban J connectivity index is 0.839. The lowest BCUT2D eigenvalue weighted by Crippen LogP contribution is -2.64. The summed E-state index contributed by atoms with van der Waals surface area (Å²) in [6.45, 7) is 7.52. The van der Waals surface area contributed by atoms with Gasteiger partial charge in [-0.05, 0) is 135 Å². The number of thiazole rings is 1. The fourth-order valence-electron chi connectivity index (χ4n) is 15.5. The molecule has 4 aliphatic carbocycles. The van der Waals surface area contributed by atoms with Crippen molar-refractivity contribution in [1.82, 2.24) is 35.3 Å². The molecule has 4 fully saturated rings. The first-order valence-electron chi connectivity index (χ1n) is 30.7. The van der Waals surface area contributed by atoms with Gasteiger partial charge >= 0.3 is 18.1 Å². The molecule has 0 saturated heterocycles. The van der Waals surface area contributed by atoms with Gasteiger partial charge in [-0.3, -0.25) is 28.7 Å². The molecule has 0 spiro atoms. The van der Waals surface area contributed by atoms with Crippen LogP contribution in [0.25, 0.3) is 21.3 Å². The van der Waals surface area contributed by atoms with Gasteiger partial charge < -0.3 is 57.0 Å². The maximum Gasteiger partial charge on any atom is 0.407 e. The van der Waals surface area contributed by atoms with E-state index >= 15 is 0 Å². The van der Waals surface area contributed by atoms with Gasteiger partial charge in [-0.15, -0.1) is 0 Å². The number of aromatic carboxylic acids is 1. The van der Waals surface area contributed by atoms with Crippen LogP contribution < -0.4 is 42.8 Å². The lowest BCUT2D eigenvalue weighted by atomic mass is 9.39. The smallest absolute Gasteiger partial charge is 0.407 e. The maximum atomic E-state index is 14.4. The first kappa shape index (κ1) is 68.0. The van der Waals surface area contributed by atoms with Crippen molar-refractivity contribution in [3.63, 3.8) is 0 Å². The summed E-state index contributed by atoms with van der Waals surface area (Å²) in [7, 11) is -7.07. The van der Waals surface area contributed by atoms with E-state index in [1.54, 1.807) is 61.8 Å². The molecule has 5 aliphatic rings. The molecule has 6 aromatic rings. The van der Waals surface area contributed by atoms with Crippen molar-refractivity contribution in [2.24, 2.45) is 33.4 Å². The number of rotatable bonds is 29. The van der Waals surface area contributed by atoms with Crippen LogP contribution in [0.5, 0.6) is 5.75 Å². The minimum absolute atomic E-state index is 0.0148. The largest absolute Gasteiger partial charge is 0.493 e. The van der Waals surface area contributed by atoms with Gasteiger partial charge in [0.15, 0.2) is 10.8 Å². The van der Waals surface area contributed by atoms with Crippen LogP contribution in [0.1, 0.15) is 120 Å². The number of benzene rings is 3. The molecule has 4 bridgehead atoms. The van der Waals surface area contributed by atoms with Crippen LogP contribution in [-0.2, 0) is 60.6 Å². The number of carbonyl (C=O) groups excluding carboxylic acids is 4. The summed E-state index contributed by atoms with van der Waals surface area (Å²) in [4.78, 5) is 77.3. The predicted molar refractivity (Wildman–Crippen MR) is 347 cm³/mol. The molecule has 5 atom stereocenters. The van der Waals surface area contributed by atoms with Gasteiger partial charge in [0.2, 0.25) is 5.91 Å². The predicted octanol–water partition coefficient (Wildman–Crippen LogP) is 6.24. The van der Waals surface area contributed by atoms with Crippen LogP contribution in [0.4, 0.5) is 20.5 Å². The summed E-state index contributed by atoms with van der Waals surface area (Å²) in [5, 5.41) is 22.4. The Kier molecular flexibility index (Phi) is 19.9. The molecular weight excluding hydrogens is 1260 g/mol. The standard InChI is InChI=1S/C63H80N12O15S3/c1-38-46(28-69-75(38)37-62-32-60(2)31-61(3,33-62)35-63(34-60,36-62)90-23-20-73(4)21-24-92(82,83)84)44-14-16-52(71-53(44)56(78)79)74-19-17-43-47(29-74)45(55(77)72-58-70-49-11-7-8-12-51(49)91-58)13-15-50(43)88-22-18-41(93(85,86)87)27-68-59(81)89-30-39-9-5-6-10-42(39)40(26-67-57(66)80)25-48(64)54(65)76/h5-16,28,40-41,48H,17-27,29-37,64H2,1-4H3,(H2,65,76)(H,68,81)(H,78,79)(H3,66,67,80)(H,70,72,77)(H,82,83,84)(H,85,86,87)/t40?,41?,48-,60?,61?,62?,63?/m0/s1. The minimum atomic E-state index is -4.79. The van der Waals surface area contributed by atoms with Crippen LogP contribution >= 0.6 is 11.3 Å². The Morgan fingerprint density at radius 3 is 2.27 bits per heavy atom. The number of para-hydroxylation sites is 1. The van der Waals surface area contributed by atoms with E-state index in [0.717, 1.165) is 48.9 Å². The molecule has 1 aliphatic heterocycles. The number of anilines is 2. The number of nitrogens with one attached hydrogen (secondary N) is 3. The number of hydrogen-bond acceptors (Lipinski definition) is 19. The summed E-state index contributed by atoms with van der Waals surface area (Å²) in [6, 6.07) is 18.9. The van der Waals surface area contributed by atoms with Crippen molar-refractivity contribution < 1.29 is 69.2 Å². The lowest BCUT2D eigenvalue weighted by Gasteiger charge is -2.69. The Labute approximate surface area is 543 Å². The van der Waals surface area contributed by atoms with E-state index in [0.29, 0.717) is 81.8 Å². The van der Waals surface area contributed by atoms with Crippen molar-refractivity contribution in [2.75, 3.05) is 69.0 Å². The Morgan fingerprint density at radius 1 is 0.839 bits per heavy atom. The number of carbonyl (C=O) groups is 5. The second-order valence-corrected chi connectivity index (χ2v) is 30.6. The molecule has 3 aromatic heterocycles. The zero-order valence-corrected chi connectivity index (χ0v) is 54.7. The normalized spacial score (nSPS) is 21.8. The van der Waals surface area contributed by atoms with Crippen LogP contribution in [-0.4, -0.2) is 161 Å². The number of ether oxygens (including phenoxy) is 3. The molecule has 500 valence electrons. The van der Waals surface area contributed by atoms with E-state index in [-0.39, 0.29) is 91.0 Å². The molecule has 93 heavy (non-hydrogen) atoms. The van der Waals surface area contributed by atoms with Crippen LogP contribution in [0.15, 0.2) is 79.0 Å². The van der Waals surface area contributed by atoms with E-state index in [1.807, 2.05) is 45.7 Å². The Morgan fingerprint density at radius 2 is 1.57 bits per heavy atom. The van der Waals surface area contributed by atoms with E-state index in [1.165, 1.54) is 11.3 Å². The molecule has 4 unspecified atom stereocenters. The average Bonchev–Trinajstić information content (AvgIpc) is 1.18. The van der Waals surface area contributed by atoms with Crippen molar-refractivity contribution in [1.29, 1.82) is 0 Å². The number of primary amides is 2. The second kappa shape index (κ2) is 27.2. The number of nitrogens with zero attached hydrogens (tertiary/aromatic N) is 6. The number of likely N-dealkylation sites (N-methyl/N-ethyl adjacent to an activating group) is 1. The number of aromatic nitrogens is 4. The van der Waals surface area contributed by atoms with Crippen LogP contribution in [0.3, 0.4) is 0 Å². The molecule has 12 N–H and O–H groups in total. The van der Waals surface area contributed by atoms with Crippen molar-refractivity contribution >= 4 is 82.6 Å². The highest BCUT2D eigenvalue weighted by Crippen LogP contribution is 2.72. The summed E-state index contributed by atoms with van der Waals surface area (Å²) >= 11 is 1.30. The molecule has 3 aromatic carbocycles. The zero-order chi connectivity index (χ0) is 66.8. The first-order valence-corrected chi connectivity index (χ1v) is 34.6. The summed E-state index contributed by atoms with van der Waals surface area (Å²) in [5.41, 5.74) is 20.9. The fraction of sp³-hybridized carbons (Fsp3) is 0.492. The van der Waals surface area contributed by atoms with Gasteiger partial charge in [-0.2, -0.15) is 21.9 Å². The van der Waals surface area contributed by atoms with Crippen molar-refractivity contribution in [3.05, 3.63) is 118 Å². The monoisotopic (exact) mass is 1340 g/mol. The molecule has 5 amide bonds. The third-order valence-electron chi connectivity index (χ3n) is 18.6. The SMILES string of the molecule is Cc1c(-c2ccc(N3CCc4c(OCCC(CNC(=O)OCc5ccccc5C(CNC(N)=O)C[C@H](N)C(N)=O)S(=O)(=O)O)ccc(C(=O)Nc5nc6ccccc6s5)c4C3)nc2C(=O)O)cnn1CC12CC3(C)CC(C)(C1)CC(OCCN(C)CCS(=O)(=O)O)(C3)C2. The zero-order valence-electron chi connectivity index (χ0n) is 52.3. The number of fused-ring (bicyclic) bond motifs is 2. The Bertz CT molecular complexity index is 4020. The van der Waals surface area contributed by atoms with E-state index in [4.69, 9.17) is 41.5 Å².